The van der Waals surface area contributed by atoms with E-state index in [1.165, 1.54) is 23.1 Å². The van der Waals surface area contributed by atoms with Crippen LogP contribution < -0.4 is 11.1 Å². The first-order valence-corrected chi connectivity index (χ1v) is 10.1. The lowest BCUT2D eigenvalue weighted by Gasteiger charge is -2.00. The number of benzene rings is 1. The zero-order valence-electron chi connectivity index (χ0n) is 14.7. The molecule has 0 saturated heterocycles. The van der Waals surface area contributed by atoms with Crippen LogP contribution in [0.2, 0.25) is 0 Å². The first kappa shape index (κ1) is 19.2. The van der Waals surface area contributed by atoms with Gasteiger partial charge in [0.1, 0.15) is 11.5 Å². The van der Waals surface area contributed by atoms with Gasteiger partial charge in [-0.2, -0.15) is 0 Å². The van der Waals surface area contributed by atoms with Gasteiger partial charge in [0, 0.05) is 18.4 Å². The van der Waals surface area contributed by atoms with Crippen molar-refractivity contribution in [1.29, 1.82) is 0 Å². The average molecular weight is 402 g/mol. The van der Waals surface area contributed by atoms with E-state index < -0.39 is 0 Å². The second kappa shape index (κ2) is 8.88. The summed E-state index contributed by atoms with van der Waals surface area (Å²) in [6, 6.07) is 13.6. The summed E-state index contributed by atoms with van der Waals surface area (Å²) < 4.78 is 6.69. The van der Waals surface area contributed by atoms with Crippen molar-refractivity contribution < 1.29 is 14.0 Å². The van der Waals surface area contributed by atoms with Crippen LogP contribution in [0.25, 0.3) is 11.3 Å². The van der Waals surface area contributed by atoms with Gasteiger partial charge < -0.3 is 15.5 Å². The number of primary amides is 1. The Balaban J connectivity index is 1.52. The molecule has 6 nitrogen and oxygen atoms in total. The van der Waals surface area contributed by atoms with Crippen molar-refractivity contribution in [3.63, 3.8) is 0 Å². The quantitative estimate of drug-likeness (QED) is 0.559. The summed E-state index contributed by atoms with van der Waals surface area (Å²) in [5, 5.41) is 3.32. The Labute approximate surface area is 165 Å². The van der Waals surface area contributed by atoms with Crippen LogP contribution in [-0.4, -0.2) is 22.6 Å². The third-order valence-corrected chi connectivity index (χ3v) is 6.12. The maximum absolute atomic E-state index is 12.2. The predicted octanol–water partition coefficient (Wildman–Crippen LogP) is 3.86. The van der Waals surface area contributed by atoms with Gasteiger partial charge in [-0.05, 0) is 19.1 Å². The smallest absolute Gasteiger partial charge is 0.227 e. The molecule has 0 radical (unpaired) electrons. The number of hydrogen-bond acceptors (Lipinski definition) is 6. The molecule has 0 saturated carbocycles. The third kappa shape index (κ3) is 5.45. The number of aromatic nitrogens is 1. The van der Waals surface area contributed by atoms with Crippen molar-refractivity contribution in [1.82, 2.24) is 4.98 Å². The molecule has 0 aliphatic rings. The Bertz CT molecular complexity index is 935. The van der Waals surface area contributed by atoms with E-state index in [1.54, 1.807) is 0 Å². The minimum Gasteiger partial charge on any atom is -0.461 e. The summed E-state index contributed by atoms with van der Waals surface area (Å²) in [7, 11) is 0. The Morgan fingerprint density at radius 2 is 2.00 bits per heavy atom. The van der Waals surface area contributed by atoms with E-state index in [1.807, 2.05) is 49.4 Å². The number of thioether (sulfide) groups is 1. The lowest BCUT2D eigenvalue weighted by atomic mass is 10.2. The SMILES string of the molecule is Cc1nc(NC(=O)CCc2ccc(-c3ccccc3)o2)sc1SCC(N)=O. The zero-order valence-corrected chi connectivity index (χ0v) is 16.4. The van der Waals surface area contributed by atoms with E-state index >= 15 is 0 Å². The summed E-state index contributed by atoms with van der Waals surface area (Å²) >= 11 is 2.67. The normalized spacial score (nSPS) is 10.7. The number of nitrogens with zero attached hydrogens (tertiary/aromatic N) is 1. The minimum absolute atomic E-state index is 0.132. The second-order valence-electron chi connectivity index (χ2n) is 5.83. The Hall–Kier alpha value is -2.58. The standard InChI is InChI=1S/C19H19N3O3S2/c1-12-18(26-11-16(20)23)27-19(21-12)22-17(24)10-8-14-7-9-15(25-14)13-5-3-2-4-6-13/h2-7,9H,8,10-11H2,1H3,(H2,20,23)(H,21,22,24). The number of nitrogens with one attached hydrogen (secondary N) is 1. The van der Waals surface area contributed by atoms with E-state index in [-0.39, 0.29) is 17.6 Å². The van der Waals surface area contributed by atoms with Crippen LogP contribution in [-0.2, 0) is 16.0 Å². The molecule has 0 bridgehead atoms. The van der Waals surface area contributed by atoms with Crippen molar-refractivity contribution in [3.05, 3.63) is 53.9 Å². The molecule has 3 aromatic rings. The Kier molecular flexibility index (Phi) is 6.31. The van der Waals surface area contributed by atoms with E-state index in [4.69, 9.17) is 10.2 Å². The highest BCUT2D eigenvalue weighted by Crippen LogP contribution is 2.32. The summed E-state index contributed by atoms with van der Waals surface area (Å²) in [6.07, 6.45) is 0.802. The average Bonchev–Trinajstić information content (AvgIpc) is 3.25. The molecule has 0 spiro atoms. The van der Waals surface area contributed by atoms with Gasteiger partial charge in [-0.25, -0.2) is 4.98 Å². The number of furan rings is 1. The van der Waals surface area contributed by atoms with Crippen LogP contribution in [0.15, 0.2) is 51.1 Å². The number of carbonyl (C=O) groups excluding carboxylic acids is 2. The summed E-state index contributed by atoms with van der Waals surface area (Å²) in [6.45, 7) is 1.84. The predicted molar refractivity (Wildman–Crippen MR) is 108 cm³/mol. The molecule has 8 heteroatoms. The monoisotopic (exact) mass is 401 g/mol. The fourth-order valence-electron chi connectivity index (χ4n) is 2.39. The van der Waals surface area contributed by atoms with Crippen molar-refractivity contribution in [2.75, 3.05) is 11.1 Å². The van der Waals surface area contributed by atoms with Gasteiger partial charge in [0.15, 0.2) is 5.13 Å². The molecule has 0 atom stereocenters. The number of hydrogen-bond donors (Lipinski definition) is 2. The first-order valence-electron chi connectivity index (χ1n) is 8.34. The number of nitrogens with two attached hydrogens (primary N) is 1. The highest BCUT2D eigenvalue weighted by molar-refractivity contribution is 8.01. The molecule has 0 aliphatic heterocycles. The molecule has 0 aliphatic carbocycles. The summed E-state index contributed by atoms with van der Waals surface area (Å²) in [5.74, 6) is 1.23. The third-order valence-electron chi connectivity index (χ3n) is 3.66. The van der Waals surface area contributed by atoms with Crippen LogP contribution in [0, 0.1) is 6.92 Å². The van der Waals surface area contributed by atoms with Crippen molar-refractivity contribution >= 4 is 40.0 Å². The number of carbonyl (C=O) groups is 2. The number of anilines is 1. The molecular formula is C19H19N3O3S2. The topological polar surface area (TPSA) is 98.2 Å². The maximum atomic E-state index is 12.2. The van der Waals surface area contributed by atoms with Gasteiger partial charge in [0.05, 0.1) is 15.7 Å². The molecule has 140 valence electrons. The van der Waals surface area contributed by atoms with Crippen LogP contribution in [0.5, 0.6) is 0 Å². The Morgan fingerprint density at radius 3 is 2.74 bits per heavy atom. The Morgan fingerprint density at radius 1 is 1.22 bits per heavy atom. The maximum Gasteiger partial charge on any atom is 0.227 e. The van der Waals surface area contributed by atoms with E-state index in [0.29, 0.717) is 18.0 Å². The lowest BCUT2D eigenvalue weighted by Crippen LogP contribution is -2.12. The van der Waals surface area contributed by atoms with Gasteiger partial charge in [0.25, 0.3) is 0 Å². The zero-order chi connectivity index (χ0) is 19.2. The van der Waals surface area contributed by atoms with E-state index in [2.05, 4.69) is 10.3 Å². The van der Waals surface area contributed by atoms with Gasteiger partial charge >= 0.3 is 0 Å². The second-order valence-corrected chi connectivity index (χ2v) is 8.07. The molecule has 27 heavy (non-hydrogen) atoms. The van der Waals surface area contributed by atoms with Gasteiger partial charge in [-0.3, -0.25) is 9.59 Å². The number of thiazole rings is 1. The van der Waals surface area contributed by atoms with E-state index in [9.17, 15) is 9.59 Å². The van der Waals surface area contributed by atoms with Crippen LogP contribution in [0.1, 0.15) is 17.9 Å². The van der Waals surface area contributed by atoms with Crippen LogP contribution >= 0.6 is 23.1 Å². The van der Waals surface area contributed by atoms with Gasteiger partial charge in [-0.1, -0.05) is 41.7 Å². The van der Waals surface area contributed by atoms with Crippen molar-refractivity contribution in [2.45, 2.75) is 24.0 Å². The molecular weight excluding hydrogens is 382 g/mol. The molecule has 2 aromatic heterocycles. The van der Waals surface area contributed by atoms with Crippen molar-refractivity contribution in [3.8, 4) is 11.3 Å². The largest absolute Gasteiger partial charge is 0.461 e. The lowest BCUT2D eigenvalue weighted by molar-refractivity contribution is -0.116. The highest BCUT2D eigenvalue weighted by atomic mass is 32.2. The molecule has 0 fully saturated rings. The van der Waals surface area contributed by atoms with E-state index in [0.717, 1.165) is 27.0 Å². The minimum atomic E-state index is -0.383. The first-order chi connectivity index (χ1) is 13.0. The highest BCUT2D eigenvalue weighted by Gasteiger charge is 2.13. The molecule has 0 unspecified atom stereocenters. The molecule has 3 N–H and O–H groups in total. The number of amides is 2. The number of aryl methyl sites for hydroxylation is 2. The number of rotatable bonds is 8. The summed E-state index contributed by atoms with van der Waals surface area (Å²) in [4.78, 5) is 27.4. The molecule has 2 heterocycles. The van der Waals surface area contributed by atoms with Crippen LogP contribution in [0.3, 0.4) is 0 Å². The fourth-order valence-corrected chi connectivity index (χ4v) is 4.29. The summed E-state index contributed by atoms with van der Waals surface area (Å²) in [5.41, 5.74) is 6.94. The molecule has 1 aromatic carbocycles. The molecule has 3 rings (SSSR count). The van der Waals surface area contributed by atoms with Crippen molar-refractivity contribution in [2.24, 2.45) is 5.73 Å². The van der Waals surface area contributed by atoms with Gasteiger partial charge in [0.2, 0.25) is 11.8 Å². The van der Waals surface area contributed by atoms with Crippen LogP contribution in [0.4, 0.5) is 5.13 Å². The van der Waals surface area contributed by atoms with Gasteiger partial charge in [-0.15, -0.1) is 11.8 Å². The fraction of sp³-hybridized carbons (Fsp3) is 0.211. The molecule has 2 amide bonds.